The van der Waals surface area contributed by atoms with E-state index in [1.807, 2.05) is 29.5 Å². The second-order valence-electron chi connectivity index (χ2n) is 4.91. The average molecular weight is 284 g/mol. The molecule has 2 heterocycles. The molecule has 1 unspecified atom stereocenters. The zero-order chi connectivity index (χ0) is 14.1. The molecule has 3 rings (SSSR count). The normalized spacial score (nSPS) is 17.4. The summed E-state index contributed by atoms with van der Waals surface area (Å²) in [5.74, 6) is 0.794. The summed E-state index contributed by atoms with van der Waals surface area (Å²) in [7, 11) is 1.65. The van der Waals surface area contributed by atoms with Gasteiger partial charge in [-0.1, -0.05) is 0 Å². The van der Waals surface area contributed by atoms with Gasteiger partial charge in [-0.15, -0.1) is 11.3 Å². The van der Waals surface area contributed by atoms with Crippen LogP contribution >= 0.6 is 11.3 Å². The molecule has 0 aliphatic carbocycles. The standard InChI is InChI=1S/C16H16N2OS/c1-11-14-6-8-20-16(14)5-7-18(11)15-9-13(19-2)4-3-12(15)10-17/h3-4,6,8-9,11H,5,7H2,1-2H3. The Labute approximate surface area is 123 Å². The minimum atomic E-state index is 0.296. The Morgan fingerprint density at radius 3 is 3.00 bits per heavy atom. The molecule has 3 nitrogen and oxygen atoms in total. The second-order valence-corrected chi connectivity index (χ2v) is 5.91. The zero-order valence-electron chi connectivity index (χ0n) is 11.6. The van der Waals surface area contributed by atoms with Crippen LogP contribution in [0, 0.1) is 11.3 Å². The molecule has 1 aromatic carbocycles. The first-order valence-corrected chi connectivity index (χ1v) is 7.53. The summed E-state index contributed by atoms with van der Waals surface area (Å²) in [5.41, 5.74) is 3.06. The van der Waals surface area contributed by atoms with Crippen molar-refractivity contribution >= 4 is 17.0 Å². The van der Waals surface area contributed by atoms with E-state index in [2.05, 4.69) is 29.3 Å². The molecule has 20 heavy (non-hydrogen) atoms. The van der Waals surface area contributed by atoms with Gasteiger partial charge < -0.3 is 9.64 Å². The SMILES string of the molecule is COc1ccc(C#N)c(N2CCc3sccc3C2C)c1. The summed E-state index contributed by atoms with van der Waals surface area (Å²) in [6.07, 6.45) is 1.04. The fourth-order valence-corrected chi connectivity index (χ4v) is 3.77. The molecule has 0 bridgehead atoms. The first-order chi connectivity index (χ1) is 9.74. The number of nitrogens with zero attached hydrogens (tertiary/aromatic N) is 2. The van der Waals surface area contributed by atoms with Gasteiger partial charge >= 0.3 is 0 Å². The van der Waals surface area contributed by atoms with Gasteiger partial charge in [-0.05, 0) is 42.5 Å². The van der Waals surface area contributed by atoms with Crippen molar-refractivity contribution in [3.8, 4) is 11.8 Å². The second kappa shape index (κ2) is 5.18. The van der Waals surface area contributed by atoms with E-state index in [-0.39, 0.29) is 0 Å². The molecule has 0 saturated carbocycles. The van der Waals surface area contributed by atoms with Crippen LogP contribution in [0.1, 0.15) is 29.0 Å². The van der Waals surface area contributed by atoms with Crippen molar-refractivity contribution < 1.29 is 4.74 Å². The van der Waals surface area contributed by atoms with Gasteiger partial charge in [0.2, 0.25) is 0 Å². The molecule has 102 valence electrons. The van der Waals surface area contributed by atoms with Crippen LogP contribution in [0.3, 0.4) is 0 Å². The monoisotopic (exact) mass is 284 g/mol. The molecule has 1 aromatic heterocycles. The molecule has 0 saturated heterocycles. The first-order valence-electron chi connectivity index (χ1n) is 6.65. The molecule has 0 radical (unpaired) electrons. The summed E-state index contributed by atoms with van der Waals surface area (Å²) in [5, 5.41) is 11.5. The highest BCUT2D eigenvalue weighted by molar-refractivity contribution is 7.10. The van der Waals surface area contributed by atoms with Crippen LogP contribution in [0.2, 0.25) is 0 Å². The molecule has 2 aromatic rings. The van der Waals surface area contributed by atoms with Gasteiger partial charge in [-0.25, -0.2) is 0 Å². The van der Waals surface area contributed by atoms with Crippen LogP contribution in [0.5, 0.6) is 5.75 Å². The number of hydrogen-bond acceptors (Lipinski definition) is 4. The number of fused-ring (bicyclic) bond motifs is 1. The van der Waals surface area contributed by atoms with Crippen LogP contribution in [0.4, 0.5) is 5.69 Å². The third-order valence-electron chi connectivity index (χ3n) is 3.91. The third kappa shape index (κ3) is 2.04. The highest BCUT2D eigenvalue weighted by Crippen LogP contribution is 2.38. The van der Waals surface area contributed by atoms with Crippen molar-refractivity contribution in [2.45, 2.75) is 19.4 Å². The average Bonchev–Trinajstić information content (AvgIpc) is 2.96. The predicted octanol–water partition coefficient (Wildman–Crippen LogP) is 3.75. The largest absolute Gasteiger partial charge is 0.497 e. The lowest BCUT2D eigenvalue weighted by molar-refractivity contribution is 0.414. The van der Waals surface area contributed by atoms with Gasteiger partial charge in [0.1, 0.15) is 11.8 Å². The number of hydrogen-bond donors (Lipinski definition) is 0. The number of methoxy groups -OCH3 is 1. The number of thiophene rings is 1. The highest BCUT2D eigenvalue weighted by atomic mass is 32.1. The van der Waals surface area contributed by atoms with Crippen molar-refractivity contribution in [3.05, 3.63) is 45.6 Å². The first kappa shape index (κ1) is 13.0. The fourth-order valence-electron chi connectivity index (χ4n) is 2.81. The van der Waals surface area contributed by atoms with Crippen molar-refractivity contribution in [3.63, 3.8) is 0 Å². The molecule has 0 N–H and O–H groups in total. The lowest BCUT2D eigenvalue weighted by Crippen LogP contribution is -2.33. The van der Waals surface area contributed by atoms with E-state index in [0.717, 1.165) is 24.4 Å². The Kier molecular flexibility index (Phi) is 3.37. The van der Waals surface area contributed by atoms with E-state index >= 15 is 0 Å². The number of nitriles is 1. The van der Waals surface area contributed by atoms with Crippen LogP contribution in [-0.4, -0.2) is 13.7 Å². The van der Waals surface area contributed by atoms with E-state index < -0.39 is 0 Å². The number of anilines is 1. The maximum Gasteiger partial charge on any atom is 0.121 e. The van der Waals surface area contributed by atoms with Crippen LogP contribution < -0.4 is 9.64 Å². The lowest BCUT2D eigenvalue weighted by Gasteiger charge is -2.36. The van der Waals surface area contributed by atoms with E-state index in [1.165, 1.54) is 10.4 Å². The highest BCUT2D eigenvalue weighted by Gasteiger charge is 2.26. The minimum Gasteiger partial charge on any atom is -0.497 e. The van der Waals surface area contributed by atoms with Gasteiger partial charge in [0.25, 0.3) is 0 Å². The molecule has 1 aliphatic heterocycles. The zero-order valence-corrected chi connectivity index (χ0v) is 12.4. The summed E-state index contributed by atoms with van der Waals surface area (Å²) in [6.45, 7) is 3.14. The van der Waals surface area contributed by atoms with Crippen LogP contribution in [0.25, 0.3) is 0 Å². The molecule has 1 aliphatic rings. The van der Waals surface area contributed by atoms with Gasteiger partial charge in [0.05, 0.1) is 24.4 Å². The third-order valence-corrected chi connectivity index (χ3v) is 4.91. The summed E-state index contributed by atoms with van der Waals surface area (Å²) < 4.78 is 5.30. The Bertz CT molecular complexity index is 671. The number of ether oxygens (including phenoxy) is 1. The topological polar surface area (TPSA) is 36.3 Å². The molecular weight excluding hydrogens is 268 g/mol. The fraction of sp³-hybridized carbons (Fsp3) is 0.312. The molecule has 4 heteroatoms. The van der Waals surface area contributed by atoms with Crippen molar-refractivity contribution in [2.24, 2.45) is 0 Å². The predicted molar refractivity (Wildman–Crippen MR) is 81.5 cm³/mol. The molecule has 0 amide bonds. The van der Waals surface area contributed by atoms with Crippen LogP contribution in [-0.2, 0) is 6.42 Å². The van der Waals surface area contributed by atoms with E-state index in [1.54, 1.807) is 7.11 Å². The Hall–Kier alpha value is -1.99. The van der Waals surface area contributed by atoms with E-state index in [4.69, 9.17) is 4.74 Å². The smallest absolute Gasteiger partial charge is 0.121 e. The number of benzene rings is 1. The van der Waals surface area contributed by atoms with E-state index in [0.29, 0.717) is 11.6 Å². The molecule has 0 fully saturated rings. The Morgan fingerprint density at radius 1 is 1.40 bits per heavy atom. The van der Waals surface area contributed by atoms with Gasteiger partial charge in [-0.3, -0.25) is 0 Å². The summed E-state index contributed by atoms with van der Waals surface area (Å²) in [6, 6.07) is 10.4. The number of rotatable bonds is 2. The van der Waals surface area contributed by atoms with E-state index in [9.17, 15) is 5.26 Å². The Morgan fingerprint density at radius 2 is 2.25 bits per heavy atom. The van der Waals surface area contributed by atoms with Crippen molar-refractivity contribution in [2.75, 3.05) is 18.6 Å². The maximum atomic E-state index is 9.34. The van der Waals surface area contributed by atoms with Gasteiger partial charge in [0, 0.05) is 17.5 Å². The molecular formula is C16H16N2OS. The maximum absolute atomic E-state index is 9.34. The van der Waals surface area contributed by atoms with Crippen molar-refractivity contribution in [1.29, 1.82) is 5.26 Å². The molecule has 1 atom stereocenters. The quantitative estimate of drug-likeness (QED) is 0.842. The minimum absolute atomic E-state index is 0.296. The summed E-state index contributed by atoms with van der Waals surface area (Å²) >= 11 is 1.83. The Balaban J connectivity index is 2.04. The van der Waals surface area contributed by atoms with Crippen molar-refractivity contribution in [1.82, 2.24) is 0 Å². The summed E-state index contributed by atoms with van der Waals surface area (Å²) in [4.78, 5) is 3.77. The van der Waals surface area contributed by atoms with Gasteiger partial charge in [0.15, 0.2) is 0 Å². The lowest BCUT2D eigenvalue weighted by atomic mass is 9.99. The van der Waals surface area contributed by atoms with Gasteiger partial charge in [-0.2, -0.15) is 5.26 Å². The molecule has 0 spiro atoms. The van der Waals surface area contributed by atoms with Crippen LogP contribution in [0.15, 0.2) is 29.6 Å².